The highest BCUT2D eigenvalue weighted by molar-refractivity contribution is 5.73. The predicted octanol–water partition coefficient (Wildman–Crippen LogP) is -3.90. The number of carbonyl (C=O) groups is 1. The van der Waals surface area contributed by atoms with Gasteiger partial charge in [0.05, 0.1) is 6.61 Å². The van der Waals surface area contributed by atoms with Crippen LogP contribution in [0.3, 0.4) is 0 Å². The van der Waals surface area contributed by atoms with Gasteiger partial charge in [-0.2, -0.15) is 0 Å². The van der Waals surface area contributed by atoms with Crippen LogP contribution in [0.25, 0.3) is 0 Å². The summed E-state index contributed by atoms with van der Waals surface area (Å²) in [6, 6.07) is -1.10. The van der Waals surface area contributed by atoms with E-state index in [9.17, 15) is 20.1 Å². The van der Waals surface area contributed by atoms with Gasteiger partial charge < -0.3 is 36.0 Å². The smallest absolute Gasteiger partial charge is 0.217 e. The Labute approximate surface area is 91.8 Å². The van der Waals surface area contributed by atoms with Crippen molar-refractivity contribution in [2.45, 2.75) is 37.6 Å². The normalized spacial score (nSPS) is 38.7. The number of hydrogen-bond donors (Lipinski definition) is 5. The van der Waals surface area contributed by atoms with Gasteiger partial charge in [0.15, 0.2) is 6.29 Å². The molecule has 1 fully saturated rings. The lowest BCUT2D eigenvalue weighted by Gasteiger charge is -2.40. The molecule has 0 aliphatic carbocycles. The number of aliphatic hydroxyl groups excluding tert-OH is 4. The average molecular weight is 239 g/mol. The highest BCUT2D eigenvalue weighted by Gasteiger charge is 2.43. The van der Waals surface area contributed by atoms with Crippen molar-refractivity contribution in [1.29, 1.82) is 0 Å². The third kappa shape index (κ3) is 3.11. The molecule has 1 heterocycles. The molecule has 0 radical (unpaired) electrons. The Morgan fingerprint density at radius 2 is 1.88 bits per heavy atom. The van der Waals surface area contributed by atoms with Gasteiger partial charge in [-0.15, -0.1) is 0 Å². The predicted molar refractivity (Wildman–Crippen MR) is 51.2 cm³/mol. The van der Waals surface area contributed by atoms with Gasteiger partial charge >= 0.3 is 0 Å². The van der Waals surface area contributed by atoms with Crippen molar-refractivity contribution in [3.05, 3.63) is 0 Å². The van der Waals surface area contributed by atoms with Crippen LogP contribution < -0.4 is 5.32 Å². The van der Waals surface area contributed by atoms with Gasteiger partial charge in [-0.3, -0.25) is 4.79 Å². The molecule has 0 spiro atoms. The number of rotatable bonds is 2. The summed E-state index contributed by atoms with van der Waals surface area (Å²) in [5.74, 6) is -0.462. The van der Waals surface area contributed by atoms with E-state index in [1.54, 1.807) is 0 Å². The highest BCUT2D eigenvalue weighted by atomic mass is 16.6. The van der Waals surface area contributed by atoms with E-state index >= 15 is 0 Å². The average Bonchev–Trinajstić information content (AvgIpc) is 2.18. The minimum Gasteiger partial charge on any atom is -0.412 e. The first-order valence-corrected chi connectivity index (χ1v) is 4.55. The van der Waals surface area contributed by atoms with Gasteiger partial charge in [0, 0.05) is 6.92 Å². The van der Waals surface area contributed by atoms with E-state index in [0.717, 1.165) is 0 Å². The first-order chi connectivity index (χ1) is 6.97. The van der Waals surface area contributed by atoms with Gasteiger partial charge in [-0.1, -0.05) is 0 Å². The summed E-state index contributed by atoms with van der Waals surface area (Å²) in [5, 5.41) is 39.4. The minimum absolute atomic E-state index is 0. The molecule has 1 aliphatic heterocycles. The molecule has 1 rings (SSSR count). The Hall–Kier alpha value is -0.770. The molecule has 8 heteroatoms. The van der Waals surface area contributed by atoms with Crippen molar-refractivity contribution in [2.75, 3.05) is 6.61 Å². The first-order valence-electron chi connectivity index (χ1n) is 4.55. The first kappa shape index (κ1) is 15.2. The summed E-state index contributed by atoms with van der Waals surface area (Å²) in [7, 11) is 0. The van der Waals surface area contributed by atoms with Crippen LogP contribution in [-0.2, 0) is 9.53 Å². The molecule has 7 N–H and O–H groups in total. The Morgan fingerprint density at radius 3 is 2.31 bits per heavy atom. The van der Waals surface area contributed by atoms with E-state index in [-0.39, 0.29) is 5.48 Å². The third-order valence-corrected chi connectivity index (χ3v) is 2.27. The fourth-order valence-electron chi connectivity index (χ4n) is 1.49. The van der Waals surface area contributed by atoms with Crippen molar-refractivity contribution >= 4 is 5.91 Å². The Balaban J connectivity index is 0.00000225. The summed E-state index contributed by atoms with van der Waals surface area (Å²) >= 11 is 0. The molecule has 16 heavy (non-hydrogen) atoms. The zero-order chi connectivity index (χ0) is 11.6. The van der Waals surface area contributed by atoms with Crippen LogP contribution >= 0.6 is 0 Å². The van der Waals surface area contributed by atoms with Crippen LogP contribution in [0.1, 0.15) is 6.92 Å². The second-order valence-corrected chi connectivity index (χ2v) is 3.46. The standard InChI is InChI=1S/C8H15NO6.H2O/c1-3(11)9-5-7(13)6(12)4(2-10)15-8(5)14;/h4-8,10,12-14H,2H2,1H3,(H,9,11);1H2/t4-,5+,6-,7-,8+;/m1./s1. The topological polar surface area (TPSA) is 151 Å². The lowest BCUT2D eigenvalue weighted by atomic mass is 9.97. The maximum Gasteiger partial charge on any atom is 0.217 e. The molecule has 8 nitrogen and oxygen atoms in total. The number of aliphatic hydroxyl groups is 4. The van der Waals surface area contributed by atoms with Crippen LogP contribution in [-0.4, -0.2) is 69.1 Å². The number of nitrogens with one attached hydrogen (secondary N) is 1. The van der Waals surface area contributed by atoms with E-state index in [1.807, 2.05) is 0 Å². The third-order valence-electron chi connectivity index (χ3n) is 2.27. The zero-order valence-corrected chi connectivity index (χ0v) is 8.70. The highest BCUT2D eigenvalue weighted by Crippen LogP contribution is 2.19. The van der Waals surface area contributed by atoms with Gasteiger partial charge in [0.2, 0.25) is 5.91 Å². The van der Waals surface area contributed by atoms with Crippen LogP contribution in [0.5, 0.6) is 0 Å². The van der Waals surface area contributed by atoms with Crippen LogP contribution in [0, 0.1) is 0 Å². The molecule has 0 saturated carbocycles. The quantitative estimate of drug-likeness (QED) is 0.332. The molecule has 0 unspecified atom stereocenters. The zero-order valence-electron chi connectivity index (χ0n) is 8.70. The van der Waals surface area contributed by atoms with Crippen LogP contribution in [0.4, 0.5) is 0 Å². The van der Waals surface area contributed by atoms with Crippen molar-refractivity contribution < 1.29 is 35.4 Å². The Bertz CT molecular complexity index is 236. The maximum atomic E-state index is 10.7. The van der Waals surface area contributed by atoms with Gasteiger partial charge in [0.25, 0.3) is 0 Å². The summed E-state index contributed by atoms with van der Waals surface area (Å²) in [6.45, 7) is 0.687. The van der Waals surface area contributed by atoms with Crippen molar-refractivity contribution in [3.8, 4) is 0 Å². The Kier molecular flexibility index (Phi) is 5.79. The second-order valence-electron chi connectivity index (χ2n) is 3.46. The molecule has 1 amide bonds. The van der Waals surface area contributed by atoms with E-state index in [0.29, 0.717) is 0 Å². The summed E-state index contributed by atoms with van der Waals surface area (Å²) in [5.41, 5.74) is 0. The van der Waals surface area contributed by atoms with Crippen LogP contribution in [0.2, 0.25) is 0 Å². The van der Waals surface area contributed by atoms with E-state index in [2.05, 4.69) is 5.32 Å². The fraction of sp³-hybridized carbons (Fsp3) is 0.875. The molecule has 0 aromatic rings. The Morgan fingerprint density at radius 1 is 1.31 bits per heavy atom. The molecule has 0 aromatic carbocycles. The lowest BCUT2D eigenvalue weighted by Crippen LogP contribution is -2.63. The summed E-state index contributed by atoms with van der Waals surface area (Å²) in [4.78, 5) is 10.7. The van der Waals surface area contributed by atoms with E-state index in [4.69, 9.17) is 9.84 Å². The van der Waals surface area contributed by atoms with Gasteiger partial charge in [-0.25, -0.2) is 0 Å². The van der Waals surface area contributed by atoms with Crippen molar-refractivity contribution in [3.63, 3.8) is 0 Å². The fourth-order valence-corrected chi connectivity index (χ4v) is 1.49. The number of carbonyl (C=O) groups excluding carboxylic acids is 1. The number of hydrogen-bond acceptors (Lipinski definition) is 6. The molecule has 5 atom stereocenters. The molecule has 96 valence electrons. The summed E-state index contributed by atoms with van der Waals surface area (Å²) in [6.07, 6.45) is -5.24. The van der Waals surface area contributed by atoms with Crippen LogP contribution in [0.15, 0.2) is 0 Å². The molecule has 1 aliphatic rings. The summed E-state index contributed by atoms with van der Waals surface area (Å²) < 4.78 is 4.81. The largest absolute Gasteiger partial charge is 0.412 e. The molecule has 0 bridgehead atoms. The van der Waals surface area contributed by atoms with Crippen molar-refractivity contribution in [2.24, 2.45) is 0 Å². The van der Waals surface area contributed by atoms with Gasteiger partial charge in [0.1, 0.15) is 24.4 Å². The molecular weight excluding hydrogens is 222 g/mol. The number of ether oxygens (including phenoxy) is 1. The molecular formula is C8H17NO7. The van der Waals surface area contributed by atoms with E-state index < -0.39 is 43.2 Å². The monoisotopic (exact) mass is 239 g/mol. The number of amides is 1. The molecule has 0 aromatic heterocycles. The maximum absolute atomic E-state index is 10.7. The van der Waals surface area contributed by atoms with Crippen molar-refractivity contribution in [1.82, 2.24) is 5.32 Å². The van der Waals surface area contributed by atoms with E-state index in [1.165, 1.54) is 6.92 Å². The second kappa shape index (κ2) is 6.09. The minimum atomic E-state index is -1.45. The molecule has 1 saturated heterocycles. The SMILES string of the molecule is CC(=O)N[C@H]1[C@@H](O)[C@H](O)[C@@H](CO)O[C@@H]1O.O. The lowest BCUT2D eigenvalue weighted by molar-refractivity contribution is -0.253. The van der Waals surface area contributed by atoms with Gasteiger partial charge in [-0.05, 0) is 0 Å².